The summed E-state index contributed by atoms with van der Waals surface area (Å²) in [5.41, 5.74) is 0.777. The predicted octanol–water partition coefficient (Wildman–Crippen LogP) is 2.99. The number of carbonyl (C=O) groups excluding carboxylic acids is 1. The monoisotopic (exact) mass is 320 g/mol. The van der Waals surface area contributed by atoms with Crippen molar-refractivity contribution in [1.29, 1.82) is 0 Å². The topological polar surface area (TPSA) is 46.3 Å². The van der Waals surface area contributed by atoms with Crippen LogP contribution in [0.1, 0.15) is 12.3 Å². The number of aryl methyl sites for hydroxylation is 1. The third kappa shape index (κ3) is 3.68. The fraction of sp³-hybridized carbons (Fsp3) is 0.375. The van der Waals surface area contributed by atoms with E-state index in [1.807, 2.05) is 16.7 Å². The van der Waals surface area contributed by atoms with Crippen molar-refractivity contribution in [2.24, 2.45) is 0 Å². The molecule has 0 radical (unpaired) electrons. The quantitative estimate of drug-likeness (QED) is 0.869. The molecule has 1 aliphatic rings. The number of thioether (sulfide) groups is 1. The maximum Gasteiger partial charge on any atom is 0.223 e. The van der Waals surface area contributed by atoms with E-state index in [-0.39, 0.29) is 11.7 Å². The molecule has 2 heterocycles. The number of amides is 1. The molecule has 0 saturated carbocycles. The van der Waals surface area contributed by atoms with Gasteiger partial charge in [0.2, 0.25) is 5.91 Å². The number of rotatable bonds is 4. The van der Waals surface area contributed by atoms with E-state index in [2.05, 4.69) is 4.98 Å². The van der Waals surface area contributed by atoms with Gasteiger partial charge in [-0.25, -0.2) is 9.37 Å². The van der Waals surface area contributed by atoms with E-state index in [0.717, 1.165) is 30.2 Å². The highest BCUT2D eigenvalue weighted by Gasteiger charge is 2.17. The fourth-order valence-corrected chi connectivity index (χ4v) is 3.26. The molecule has 1 aromatic heterocycles. The molecule has 1 amide bonds. The molecule has 0 atom stereocenters. The van der Waals surface area contributed by atoms with Crippen molar-refractivity contribution in [3.63, 3.8) is 0 Å². The van der Waals surface area contributed by atoms with Crippen molar-refractivity contribution in [2.45, 2.75) is 12.8 Å². The fourth-order valence-electron chi connectivity index (χ4n) is 2.36. The molecule has 0 aliphatic carbocycles. The molecule has 116 valence electrons. The zero-order valence-electron chi connectivity index (χ0n) is 12.1. The Morgan fingerprint density at radius 1 is 1.27 bits per heavy atom. The van der Waals surface area contributed by atoms with Crippen LogP contribution in [0.5, 0.6) is 0 Å². The van der Waals surface area contributed by atoms with Crippen LogP contribution < -0.4 is 0 Å². The molecule has 6 heteroatoms. The number of carbonyl (C=O) groups is 1. The number of nitrogens with zero attached hydrogens (tertiary/aromatic N) is 2. The lowest BCUT2D eigenvalue weighted by molar-refractivity contribution is -0.130. The average molecular weight is 320 g/mol. The Labute approximate surface area is 132 Å². The Morgan fingerprint density at radius 3 is 2.73 bits per heavy atom. The van der Waals surface area contributed by atoms with Gasteiger partial charge in [0, 0.05) is 43.0 Å². The van der Waals surface area contributed by atoms with E-state index in [4.69, 9.17) is 4.42 Å². The number of benzene rings is 1. The first-order valence-corrected chi connectivity index (χ1v) is 8.44. The minimum Gasteiger partial charge on any atom is -0.441 e. The van der Waals surface area contributed by atoms with Crippen LogP contribution in [0.3, 0.4) is 0 Å². The third-order valence-corrected chi connectivity index (χ3v) is 4.54. The van der Waals surface area contributed by atoms with Crippen LogP contribution in [0, 0.1) is 5.82 Å². The minimum absolute atomic E-state index is 0.154. The molecule has 2 aromatic rings. The van der Waals surface area contributed by atoms with Crippen LogP contribution in [0.15, 0.2) is 34.9 Å². The standard InChI is InChI=1S/C16H17FN2O2S/c17-13-3-1-12(2-4-13)14-11-18-15(21-14)5-6-16(20)19-7-9-22-10-8-19/h1-4,11H,5-10H2. The summed E-state index contributed by atoms with van der Waals surface area (Å²) in [4.78, 5) is 18.2. The van der Waals surface area contributed by atoms with Crippen molar-refractivity contribution < 1.29 is 13.6 Å². The first-order valence-electron chi connectivity index (χ1n) is 7.28. The highest BCUT2D eigenvalue weighted by molar-refractivity contribution is 7.99. The zero-order chi connectivity index (χ0) is 15.4. The summed E-state index contributed by atoms with van der Waals surface area (Å²) in [5.74, 6) is 3.03. The molecule has 22 heavy (non-hydrogen) atoms. The molecule has 1 aromatic carbocycles. The van der Waals surface area contributed by atoms with Crippen LogP contribution in [0.2, 0.25) is 0 Å². The van der Waals surface area contributed by atoms with Gasteiger partial charge in [-0.05, 0) is 24.3 Å². The zero-order valence-corrected chi connectivity index (χ0v) is 12.9. The van der Waals surface area contributed by atoms with Crippen LogP contribution in [-0.4, -0.2) is 40.4 Å². The predicted molar refractivity (Wildman–Crippen MR) is 84.1 cm³/mol. The van der Waals surface area contributed by atoms with E-state index < -0.39 is 0 Å². The summed E-state index contributed by atoms with van der Waals surface area (Å²) < 4.78 is 18.5. The second-order valence-corrected chi connectivity index (χ2v) is 6.34. The molecule has 3 rings (SSSR count). The minimum atomic E-state index is -0.284. The van der Waals surface area contributed by atoms with E-state index >= 15 is 0 Å². The molecule has 0 N–H and O–H groups in total. The van der Waals surface area contributed by atoms with Crippen LogP contribution in [0.4, 0.5) is 4.39 Å². The van der Waals surface area contributed by atoms with Gasteiger partial charge < -0.3 is 9.32 Å². The average Bonchev–Trinajstić information content (AvgIpc) is 3.03. The maximum absolute atomic E-state index is 12.9. The first-order chi connectivity index (χ1) is 10.7. The van der Waals surface area contributed by atoms with Crippen LogP contribution >= 0.6 is 11.8 Å². The first kappa shape index (κ1) is 15.1. The Hall–Kier alpha value is -1.82. The van der Waals surface area contributed by atoms with Gasteiger partial charge in [-0.15, -0.1) is 0 Å². The summed E-state index contributed by atoms with van der Waals surface area (Å²) in [7, 11) is 0. The van der Waals surface area contributed by atoms with E-state index in [0.29, 0.717) is 24.5 Å². The van der Waals surface area contributed by atoms with Crippen molar-refractivity contribution >= 4 is 17.7 Å². The van der Waals surface area contributed by atoms with Crippen molar-refractivity contribution in [3.8, 4) is 11.3 Å². The van der Waals surface area contributed by atoms with E-state index in [9.17, 15) is 9.18 Å². The van der Waals surface area contributed by atoms with Crippen molar-refractivity contribution in [3.05, 3.63) is 42.2 Å². The lowest BCUT2D eigenvalue weighted by Crippen LogP contribution is -2.37. The largest absolute Gasteiger partial charge is 0.441 e. The SMILES string of the molecule is O=C(CCc1ncc(-c2ccc(F)cc2)o1)N1CCSCC1. The molecule has 1 saturated heterocycles. The van der Waals surface area contributed by atoms with Gasteiger partial charge in [-0.2, -0.15) is 11.8 Å². The summed E-state index contributed by atoms with van der Waals surface area (Å²) in [6, 6.07) is 6.07. The Kier molecular flexibility index (Phi) is 4.77. The summed E-state index contributed by atoms with van der Waals surface area (Å²) in [6.07, 6.45) is 2.52. The molecular formula is C16H17FN2O2S. The Morgan fingerprint density at radius 2 is 2.00 bits per heavy atom. The van der Waals surface area contributed by atoms with Gasteiger partial charge in [0.25, 0.3) is 0 Å². The number of halogens is 1. The van der Waals surface area contributed by atoms with E-state index in [1.165, 1.54) is 12.1 Å². The Bertz CT molecular complexity index is 636. The molecule has 1 fully saturated rings. The molecule has 4 nitrogen and oxygen atoms in total. The number of oxazole rings is 1. The summed E-state index contributed by atoms with van der Waals surface area (Å²) in [5, 5.41) is 0. The molecule has 0 bridgehead atoms. The van der Waals surface area contributed by atoms with Gasteiger partial charge >= 0.3 is 0 Å². The highest BCUT2D eigenvalue weighted by atomic mass is 32.2. The molecule has 1 aliphatic heterocycles. The van der Waals surface area contributed by atoms with Crippen LogP contribution in [0.25, 0.3) is 11.3 Å². The van der Waals surface area contributed by atoms with Gasteiger partial charge in [-0.1, -0.05) is 0 Å². The molecule has 0 spiro atoms. The van der Waals surface area contributed by atoms with Crippen LogP contribution in [-0.2, 0) is 11.2 Å². The second kappa shape index (κ2) is 6.96. The summed E-state index contributed by atoms with van der Waals surface area (Å²) >= 11 is 1.88. The van der Waals surface area contributed by atoms with Crippen molar-refractivity contribution in [2.75, 3.05) is 24.6 Å². The molecular weight excluding hydrogens is 303 g/mol. The lowest BCUT2D eigenvalue weighted by Gasteiger charge is -2.26. The van der Waals surface area contributed by atoms with E-state index in [1.54, 1.807) is 18.3 Å². The second-order valence-electron chi connectivity index (χ2n) is 5.12. The maximum atomic E-state index is 12.9. The normalized spacial score (nSPS) is 15.0. The van der Waals surface area contributed by atoms with Crippen molar-refractivity contribution in [1.82, 2.24) is 9.88 Å². The third-order valence-electron chi connectivity index (χ3n) is 3.60. The van der Waals surface area contributed by atoms with Gasteiger partial charge in [0.05, 0.1) is 6.20 Å². The van der Waals surface area contributed by atoms with Gasteiger partial charge in [-0.3, -0.25) is 4.79 Å². The highest BCUT2D eigenvalue weighted by Crippen LogP contribution is 2.21. The van der Waals surface area contributed by atoms with Gasteiger partial charge in [0.1, 0.15) is 5.82 Å². The number of hydrogen-bond acceptors (Lipinski definition) is 4. The number of hydrogen-bond donors (Lipinski definition) is 0. The lowest BCUT2D eigenvalue weighted by atomic mass is 10.2. The smallest absolute Gasteiger partial charge is 0.223 e. The molecule has 0 unspecified atom stereocenters. The number of aromatic nitrogens is 1. The summed E-state index contributed by atoms with van der Waals surface area (Å²) in [6.45, 7) is 1.66. The van der Waals surface area contributed by atoms with Gasteiger partial charge in [0.15, 0.2) is 11.7 Å². The Balaban J connectivity index is 1.57.